The summed E-state index contributed by atoms with van der Waals surface area (Å²) < 4.78 is 5.60. The second kappa shape index (κ2) is 3.90. The quantitative estimate of drug-likeness (QED) is 0.708. The molecule has 1 unspecified atom stereocenters. The zero-order valence-electron chi connectivity index (χ0n) is 8.45. The van der Waals surface area contributed by atoms with Gasteiger partial charge < -0.3 is 10.5 Å². The summed E-state index contributed by atoms with van der Waals surface area (Å²) in [5, 5.41) is 0. The van der Waals surface area contributed by atoms with Crippen LogP contribution in [0.25, 0.3) is 0 Å². The van der Waals surface area contributed by atoms with E-state index in [9.17, 15) is 0 Å². The van der Waals surface area contributed by atoms with E-state index in [1.54, 1.807) is 0 Å². The first-order chi connectivity index (χ1) is 5.99. The van der Waals surface area contributed by atoms with E-state index >= 15 is 0 Å². The molecule has 13 heavy (non-hydrogen) atoms. The minimum atomic E-state index is -0.332. The molecule has 0 saturated carbocycles. The Kier molecular flexibility index (Phi) is 3.07. The highest BCUT2D eigenvalue weighted by Gasteiger charge is 2.16. The van der Waals surface area contributed by atoms with Gasteiger partial charge in [-0.3, -0.25) is 0 Å². The van der Waals surface area contributed by atoms with Crippen molar-refractivity contribution in [3.8, 4) is 0 Å². The molecule has 0 aliphatic rings. The SMILES string of the molecule is CC(C)(C)OC(N)c1ccccc1. The molecule has 0 spiro atoms. The molecule has 0 amide bonds. The largest absolute Gasteiger partial charge is 0.354 e. The Bertz CT molecular complexity index is 251. The standard InChI is InChI=1S/C11H17NO/c1-11(2,3)13-10(12)9-7-5-4-6-8-9/h4-8,10H,12H2,1-3H3. The summed E-state index contributed by atoms with van der Waals surface area (Å²) in [7, 11) is 0. The minimum Gasteiger partial charge on any atom is -0.354 e. The van der Waals surface area contributed by atoms with Crippen LogP contribution < -0.4 is 5.73 Å². The first-order valence-corrected chi connectivity index (χ1v) is 4.47. The molecule has 1 rings (SSSR count). The van der Waals surface area contributed by atoms with E-state index in [2.05, 4.69) is 0 Å². The number of hydrogen-bond donors (Lipinski definition) is 1. The fourth-order valence-electron chi connectivity index (χ4n) is 1.09. The molecule has 2 nitrogen and oxygen atoms in total. The van der Waals surface area contributed by atoms with Gasteiger partial charge in [-0.05, 0) is 26.3 Å². The minimum absolute atomic E-state index is 0.199. The van der Waals surface area contributed by atoms with Gasteiger partial charge in [0, 0.05) is 0 Å². The zero-order valence-corrected chi connectivity index (χ0v) is 8.45. The molecule has 0 fully saturated rings. The molecular formula is C11H17NO. The maximum absolute atomic E-state index is 5.86. The van der Waals surface area contributed by atoms with E-state index in [0.29, 0.717) is 0 Å². The molecule has 1 aromatic rings. The fraction of sp³-hybridized carbons (Fsp3) is 0.455. The van der Waals surface area contributed by atoms with Crippen molar-refractivity contribution in [2.45, 2.75) is 32.6 Å². The number of ether oxygens (including phenoxy) is 1. The van der Waals surface area contributed by atoms with Crippen LogP contribution in [-0.4, -0.2) is 5.60 Å². The van der Waals surface area contributed by atoms with Gasteiger partial charge in [-0.2, -0.15) is 0 Å². The molecule has 2 N–H and O–H groups in total. The zero-order chi connectivity index (χ0) is 9.90. The van der Waals surface area contributed by atoms with Crippen molar-refractivity contribution in [3.63, 3.8) is 0 Å². The van der Waals surface area contributed by atoms with Gasteiger partial charge in [-0.1, -0.05) is 30.3 Å². The first kappa shape index (κ1) is 10.2. The third kappa shape index (κ3) is 3.57. The molecule has 0 radical (unpaired) electrons. The van der Waals surface area contributed by atoms with Crippen LogP contribution in [0.15, 0.2) is 30.3 Å². The lowest BCUT2D eigenvalue weighted by atomic mass is 10.1. The van der Waals surface area contributed by atoms with Crippen molar-refractivity contribution < 1.29 is 4.74 Å². The summed E-state index contributed by atoms with van der Waals surface area (Å²) in [5.41, 5.74) is 6.67. The van der Waals surface area contributed by atoms with Gasteiger partial charge in [0.05, 0.1) is 5.60 Å². The van der Waals surface area contributed by atoms with Gasteiger partial charge in [-0.15, -0.1) is 0 Å². The third-order valence-corrected chi connectivity index (χ3v) is 1.61. The van der Waals surface area contributed by atoms with Gasteiger partial charge in [0.2, 0.25) is 0 Å². The lowest BCUT2D eigenvalue weighted by molar-refractivity contribution is -0.0587. The first-order valence-electron chi connectivity index (χ1n) is 4.47. The molecule has 0 aromatic heterocycles. The van der Waals surface area contributed by atoms with Crippen LogP contribution in [0.1, 0.15) is 32.6 Å². The van der Waals surface area contributed by atoms with Gasteiger partial charge in [-0.25, -0.2) is 0 Å². The lowest BCUT2D eigenvalue weighted by Gasteiger charge is -2.24. The number of nitrogens with two attached hydrogens (primary N) is 1. The summed E-state index contributed by atoms with van der Waals surface area (Å²) >= 11 is 0. The van der Waals surface area contributed by atoms with Crippen molar-refractivity contribution in [2.24, 2.45) is 5.73 Å². The summed E-state index contributed by atoms with van der Waals surface area (Å²) in [5.74, 6) is 0. The Balaban J connectivity index is 2.64. The van der Waals surface area contributed by atoms with Crippen LogP contribution in [-0.2, 0) is 4.74 Å². The van der Waals surface area contributed by atoms with Crippen LogP contribution in [0.5, 0.6) is 0 Å². The smallest absolute Gasteiger partial charge is 0.132 e. The van der Waals surface area contributed by atoms with Crippen LogP contribution in [0.4, 0.5) is 0 Å². The highest BCUT2D eigenvalue weighted by molar-refractivity contribution is 5.16. The lowest BCUT2D eigenvalue weighted by Crippen LogP contribution is -2.27. The van der Waals surface area contributed by atoms with Gasteiger partial charge in [0.1, 0.15) is 6.23 Å². The van der Waals surface area contributed by atoms with E-state index in [0.717, 1.165) is 5.56 Å². The summed E-state index contributed by atoms with van der Waals surface area (Å²) in [6.45, 7) is 5.99. The Morgan fingerprint density at radius 2 is 1.69 bits per heavy atom. The maximum atomic E-state index is 5.86. The van der Waals surface area contributed by atoms with Crippen molar-refractivity contribution in [2.75, 3.05) is 0 Å². The van der Waals surface area contributed by atoms with Crippen molar-refractivity contribution in [1.29, 1.82) is 0 Å². The van der Waals surface area contributed by atoms with E-state index in [4.69, 9.17) is 10.5 Å². The summed E-state index contributed by atoms with van der Waals surface area (Å²) in [6.07, 6.45) is -0.332. The van der Waals surface area contributed by atoms with Gasteiger partial charge >= 0.3 is 0 Å². The summed E-state index contributed by atoms with van der Waals surface area (Å²) in [6, 6.07) is 9.82. The predicted molar refractivity (Wildman–Crippen MR) is 54.2 cm³/mol. The average Bonchev–Trinajstić information content (AvgIpc) is 2.03. The molecule has 0 bridgehead atoms. The molecule has 1 atom stereocenters. The summed E-state index contributed by atoms with van der Waals surface area (Å²) in [4.78, 5) is 0. The molecule has 2 heteroatoms. The monoisotopic (exact) mass is 179 g/mol. The Morgan fingerprint density at radius 3 is 2.15 bits per heavy atom. The predicted octanol–water partition coefficient (Wildman–Crippen LogP) is 2.46. The Labute approximate surface area is 79.7 Å². The normalized spacial score (nSPS) is 14.2. The Hall–Kier alpha value is -0.860. The van der Waals surface area contributed by atoms with E-state index in [1.807, 2.05) is 51.1 Å². The molecular weight excluding hydrogens is 162 g/mol. The van der Waals surface area contributed by atoms with E-state index < -0.39 is 0 Å². The van der Waals surface area contributed by atoms with E-state index in [1.165, 1.54) is 0 Å². The highest BCUT2D eigenvalue weighted by Crippen LogP contribution is 2.18. The Morgan fingerprint density at radius 1 is 1.15 bits per heavy atom. The van der Waals surface area contributed by atoms with Crippen molar-refractivity contribution in [1.82, 2.24) is 0 Å². The van der Waals surface area contributed by atoms with Crippen LogP contribution in [0, 0.1) is 0 Å². The average molecular weight is 179 g/mol. The third-order valence-electron chi connectivity index (χ3n) is 1.61. The second-order valence-corrected chi connectivity index (χ2v) is 4.06. The highest BCUT2D eigenvalue weighted by atomic mass is 16.5. The molecule has 0 aliphatic carbocycles. The maximum Gasteiger partial charge on any atom is 0.132 e. The molecule has 1 aromatic carbocycles. The fourth-order valence-corrected chi connectivity index (χ4v) is 1.09. The van der Waals surface area contributed by atoms with Crippen LogP contribution in [0.3, 0.4) is 0 Å². The van der Waals surface area contributed by atoms with Crippen molar-refractivity contribution >= 4 is 0 Å². The molecule has 72 valence electrons. The number of rotatable bonds is 2. The van der Waals surface area contributed by atoms with E-state index in [-0.39, 0.29) is 11.8 Å². The van der Waals surface area contributed by atoms with Crippen LogP contribution >= 0.6 is 0 Å². The number of hydrogen-bond acceptors (Lipinski definition) is 2. The molecule has 0 heterocycles. The van der Waals surface area contributed by atoms with Crippen LogP contribution in [0.2, 0.25) is 0 Å². The number of benzene rings is 1. The molecule has 0 saturated heterocycles. The van der Waals surface area contributed by atoms with Crippen molar-refractivity contribution in [3.05, 3.63) is 35.9 Å². The van der Waals surface area contributed by atoms with Gasteiger partial charge in [0.25, 0.3) is 0 Å². The second-order valence-electron chi connectivity index (χ2n) is 4.06. The molecule has 0 aliphatic heterocycles. The van der Waals surface area contributed by atoms with Gasteiger partial charge in [0.15, 0.2) is 0 Å². The topological polar surface area (TPSA) is 35.2 Å².